The summed E-state index contributed by atoms with van der Waals surface area (Å²) >= 11 is 0. The Morgan fingerprint density at radius 1 is 1.23 bits per heavy atom. The lowest BCUT2D eigenvalue weighted by atomic mass is 10.1. The van der Waals surface area contributed by atoms with Gasteiger partial charge in [0.25, 0.3) is 0 Å². The highest BCUT2D eigenvalue weighted by molar-refractivity contribution is 5.78. The summed E-state index contributed by atoms with van der Waals surface area (Å²) < 4.78 is 0. The molecule has 1 saturated heterocycles. The van der Waals surface area contributed by atoms with Crippen molar-refractivity contribution in [1.82, 2.24) is 4.90 Å². The molecule has 1 aliphatic heterocycles. The van der Waals surface area contributed by atoms with Crippen molar-refractivity contribution in [2.75, 3.05) is 31.1 Å². The lowest BCUT2D eigenvalue weighted by molar-refractivity contribution is -0.139. The van der Waals surface area contributed by atoms with Gasteiger partial charge >= 0.3 is 5.97 Å². The SMILES string of the molecule is Cc1ccccc1N1CCN(C(=O)CC[C@H](N)C(=O)O)CC1. The molecule has 1 aliphatic rings. The Bertz CT molecular complexity index is 539. The van der Waals surface area contributed by atoms with Crippen LogP contribution in [0.25, 0.3) is 0 Å². The fraction of sp³-hybridized carbons (Fsp3) is 0.500. The van der Waals surface area contributed by atoms with Crippen LogP contribution in [0.5, 0.6) is 0 Å². The number of nitrogens with two attached hydrogens (primary N) is 1. The summed E-state index contributed by atoms with van der Waals surface area (Å²) in [6.45, 7) is 4.99. The van der Waals surface area contributed by atoms with E-state index in [1.54, 1.807) is 4.90 Å². The van der Waals surface area contributed by atoms with Crippen molar-refractivity contribution in [2.45, 2.75) is 25.8 Å². The number of hydrogen-bond donors (Lipinski definition) is 2. The second kappa shape index (κ2) is 7.26. The molecular formula is C16H23N3O3. The van der Waals surface area contributed by atoms with Crippen LogP contribution in [0.15, 0.2) is 24.3 Å². The van der Waals surface area contributed by atoms with Crippen LogP contribution in [0, 0.1) is 6.92 Å². The van der Waals surface area contributed by atoms with Crippen LogP contribution < -0.4 is 10.6 Å². The summed E-state index contributed by atoms with van der Waals surface area (Å²) in [7, 11) is 0. The molecule has 6 nitrogen and oxygen atoms in total. The van der Waals surface area contributed by atoms with Crippen molar-refractivity contribution in [1.29, 1.82) is 0 Å². The van der Waals surface area contributed by atoms with E-state index in [4.69, 9.17) is 10.8 Å². The third-order valence-electron chi connectivity index (χ3n) is 4.07. The van der Waals surface area contributed by atoms with E-state index >= 15 is 0 Å². The highest BCUT2D eigenvalue weighted by Crippen LogP contribution is 2.21. The van der Waals surface area contributed by atoms with E-state index in [1.807, 2.05) is 12.1 Å². The zero-order valence-corrected chi connectivity index (χ0v) is 12.9. The number of carboxylic acid groups (broad SMARTS) is 1. The van der Waals surface area contributed by atoms with E-state index in [9.17, 15) is 9.59 Å². The second-order valence-corrected chi connectivity index (χ2v) is 5.64. The molecule has 22 heavy (non-hydrogen) atoms. The average molecular weight is 305 g/mol. The van der Waals surface area contributed by atoms with E-state index < -0.39 is 12.0 Å². The fourth-order valence-corrected chi connectivity index (χ4v) is 2.68. The average Bonchev–Trinajstić information content (AvgIpc) is 2.52. The zero-order valence-electron chi connectivity index (χ0n) is 12.9. The topological polar surface area (TPSA) is 86.9 Å². The van der Waals surface area contributed by atoms with Crippen LogP contribution in [0.1, 0.15) is 18.4 Å². The van der Waals surface area contributed by atoms with Gasteiger partial charge in [-0.1, -0.05) is 18.2 Å². The third kappa shape index (κ3) is 3.98. The zero-order chi connectivity index (χ0) is 16.1. The lowest BCUT2D eigenvalue weighted by Crippen LogP contribution is -2.49. The van der Waals surface area contributed by atoms with Gasteiger partial charge in [-0.05, 0) is 25.0 Å². The van der Waals surface area contributed by atoms with E-state index in [0.29, 0.717) is 13.1 Å². The molecule has 1 amide bonds. The number of hydrogen-bond acceptors (Lipinski definition) is 4. The maximum Gasteiger partial charge on any atom is 0.320 e. The number of carboxylic acids is 1. The molecule has 0 unspecified atom stereocenters. The molecule has 1 heterocycles. The van der Waals surface area contributed by atoms with Crippen LogP contribution in [0.4, 0.5) is 5.69 Å². The van der Waals surface area contributed by atoms with E-state index in [1.165, 1.54) is 11.3 Å². The molecule has 1 aromatic rings. The number of rotatable bonds is 5. The normalized spacial score (nSPS) is 16.5. The molecule has 0 spiro atoms. The van der Waals surface area contributed by atoms with Crippen LogP contribution in [0.3, 0.4) is 0 Å². The van der Waals surface area contributed by atoms with E-state index in [0.717, 1.165) is 13.1 Å². The Morgan fingerprint density at radius 3 is 2.45 bits per heavy atom. The Hall–Kier alpha value is -2.08. The molecule has 1 fully saturated rings. The van der Waals surface area contributed by atoms with Crippen molar-refractivity contribution in [3.63, 3.8) is 0 Å². The summed E-state index contributed by atoms with van der Waals surface area (Å²) in [6.07, 6.45) is 0.379. The number of aryl methyl sites for hydroxylation is 1. The molecule has 3 N–H and O–H groups in total. The Kier molecular flexibility index (Phi) is 5.38. The maximum atomic E-state index is 12.1. The number of piperazine rings is 1. The largest absolute Gasteiger partial charge is 0.480 e. The number of carbonyl (C=O) groups is 2. The van der Waals surface area contributed by atoms with Gasteiger partial charge in [0.1, 0.15) is 6.04 Å². The van der Waals surface area contributed by atoms with Crippen molar-refractivity contribution >= 4 is 17.6 Å². The second-order valence-electron chi connectivity index (χ2n) is 5.64. The minimum Gasteiger partial charge on any atom is -0.480 e. The van der Waals surface area contributed by atoms with E-state index in [2.05, 4.69) is 24.0 Å². The standard InChI is InChI=1S/C16H23N3O3/c1-12-4-2-3-5-14(12)18-8-10-19(11-9-18)15(20)7-6-13(17)16(21)22/h2-5,13H,6-11,17H2,1H3,(H,21,22)/t13-/m0/s1. The first-order valence-electron chi connectivity index (χ1n) is 7.56. The molecule has 6 heteroatoms. The van der Waals surface area contributed by atoms with Crippen LogP contribution in [-0.2, 0) is 9.59 Å². The summed E-state index contributed by atoms with van der Waals surface area (Å²) in [5.74, 6) is -1.07. The van der Waals surface area contributed by atoms with Crippen LogP contribution in [-0.4, -0.2) is 54.1 Å². The highest BCUT2D eigenvalue weighted by Gasteiger charge is 2.23. The number of carbonyl (C=O) groups excluding carboxylic acids is 1. The number of nitrogens with zero attached hydrogens (tertiary/aromatic N) is 2. The molecule has 120 valence electrons. The molecule has 0 bridgehead atoms. The van der Waals surface area contributed by atoms with Gasteiger partial charge < -0.3 is 20.6 Å². The van der Waals surface area contributed by atoms with Crippen LogP contribution in [0.2, 0.25) is 0 Å². The molecule has 2 rings (SSSR count). The maximum absolute atomic E-state index is 12.1. The quantitative estimate of drug-likeness (QED) is 0.841. The van der Waals surface area contributed by atoms with Crippen molar-refractivity contribution in [3.05, 3.63) is 29.8 Å². The Labute approximate surface area is 130 Å². The monoisotopic (exact) mass is 305 g/mol. The number of benzene rings is 1. The Morgan fingerprint density at radius 2 is 1.86 bits per heavy atom. The van der Waals surface area contributed by atoms with Crippen molar-refractivity contribution < 1.29 is 14.7 Å². The molecule has 1 atom stereocenters. The van der Waals surface area contributed by atoms with Gasteiger partial charge in [-0.15, -0.1) is 0 Å². The van der Waals surface area contributed by atoms with Gasteiger partial charge in [0.2, 0.25) is 5.91 Å². The fourth-order valence-electron chi connectivity index (χ4n) is 2.68. The predicted molar refractivity (Wildman–Crippen MR) is 84.8 cm³/mol. The first-order valence-corrected chi connectivity index (χ1v) is 7.56. The molecule has 0 aliphatic carbocycles. The highest BCUT2D eigenvalue weighted by atomic mass is 16.4. The number of amides is 1. The minimum absolute atomic E-state index is 0.0128. The Balaban J connectivity index is 1.83. The van der Waals surface area contributed by atoms with Gasteiger partial charge in [0.05, 0.1) is 0 Å². The first kappa shape index (κ1) is 16.3. The van der Waals surface area contributed by atoms with Gasteiger partial charge in [0.15, 0.2) is 0 Å². The molecular weight excluding hydrogens is 282 g/mol. The number of para-hydroxylation sites is 1. The lowest BCUT2D eigenvalue weighted by Gasteiger charge is -2.37. The minimum atomic E-state index is -1.06. The summed E-state index contributed by atoms with van der Waals surface area (Å²) in [4.78, 5) is 26.8. The number of aliphatic carboxylic acids is 1. The van der Waals surface area contributed by atoms with Gasteiger partial charge in [-0.25, -0.2) is 0 Å². The van der Waals surface area contributed by atoms with Crippen LogP contribution >= 0.6 is 0 Å². The van der Waals surface area contributed by atoms with Crippen molar-refractivity contribution in [3.8, 4) is 0 Å². The first-order chi connectivity index (χ1) is 10.5. The van der Waals surface area contributed by atoms with Gasteiger partial charge in [-0.3, -0.25) is 9.59 Å². The smallest absolute Gasteiger partial charge is 0.320 e. The summed E-state index contributed by atoms with van der Waals surface area (Å²) in [5, 5.41) is 8.74. The molecule has 0 radical (unpaired) electrons. The van der Waals surface area contributed by atoms with Gasteiger partial charge in [-0.2, -0.15) is 0 Å². The predicted octanol–water partition coefficient (Wildman–Crippen LogP) is 0.836. The van der Waals surface area contributed by atoms with Crippen molar-refractivity contribution in [2.24, 2.45) is 5.73 Å². The summed E-state index contributed by atoms with van der Waals surface area (Å²) in [5.41, 5.74) is 7.87. The summed E-state index contributed by atoms with van der Waals surface area (Å²) in [6, 6.07) is 7.26. The van der Waals surface area contributed by atoms with Gasteiger partial charge in [0, 0.05) is 38.3 Å². The number of anilines is 1. The van der Waals surface area contributed by atoms with E-state index in [-0.39, 0.29) is 18.7 Å². The molecule has 0 saturated carbocycles. The molecule has 0 aromatic heterocycles. The third-order valence-corrected chi connectivity index (χ3v) is 4.07. The molecule has 1 aromatic carbocycles.